The topological polar surface area (TPSA) is 76.4 Å². The van der Waals surface area contributed by atoms with Gasteiger partial charge in [0.25, 0.3) is 0 Å². The molecule has 2 fully saturated rings. The SMILES string of the molecule is CS(=O)(=O)N1CCN(CC(C#N)NC2CC2)CC1. The summed E-state index contributed by atoms with van der Waals surface area (Å²) in [4.78, 5) is 2.16. The first-order chi connectivity index (χ1) is 8.49. The highest BCUT2D eigenvalue weighted by atomic mass is 32.2. The fraction of sp³-hybridized carbons (Fsp3) is 0.909. The van der Waals surface area contributed by atoms with Crippen LogP contribution in [0.25, 0.3) is 0 Å². The highest BCUT2D eigenvalue weighted by Gasteiger charge is 2.28. The lowest BCUT2D eigenvalue weighted by atomic mass is 10.2. The maximum atomic E-state index is 11.4. The van der Waals surface area contributed by atoms with E-state index in [1.165, 1.54) is 23.4 Å². The molecule has 1 saturated heterocycles. The van der Waals surface area contributed by atoms with Gasteiger partial charge in [0, 0.05) is 38.8 Å². The van der Waals surface area contributed by atoms with Crippen LogP contribution in [-0.4, -0.2) is 68.7 Å². The molecule has 0 aromatic rings. The van der Waals surface area contributed by atoms with Crippen LogP contribution in [-0.2, 0) is 10.0 Å². The van der Waals surface area contributed by atoms with Crippen molar-refractivity contribution in [2.45, 2.75) is 24.9 Å². The van der Waals surface area contributed by atoms with Crippen molar-refractivity contribution in [3.63, 3.8) is 0 Å². The lowest BCUT2D eigenvalue weighted by Crippen LogP contribution is -2.51. The zero-order chi connectivity index (χ0) is 13.2. The first kappa shape index (κ1) is 13.7. The third-order valence-corrected chi connectivity index (χ3v) is 4.71. The Bertz CT molecular complexity index is 419. The Morgan fingerprint density at radius 2 is 1.94 bits per heavy atom. The smallest absolute Gasteiger partial charge is 0.211 e. The van der Waals surface area contributed by atoms with E-state index >= 15 is 0 Å². The zero-order valence-corrected chi connectivity index (χ0v) is 11.5. The average Bonchev–Trinajstić information content (AvgIpc) is 3.11. The van der Waals surface area contributed by atoms with Crippen LogP contribution >= 0.6 is 0 Å². The number of hydrogen-bond donors (Lipinski definition) is 1. The average molecular weight is 272 g/mol. The summed E-state index contributed by atoms with van der Waals surface area (Å²) in [6.07, 6.45) is 3.58. The molecular formula is C11H20N4O2S. The van der Waals surface area contributed by atoms with E-state index in [1.807, 2.05) is 0 Å². The predicted molar refractivity (Wildman–Crippen MR) is 68.4 cm³/mol. The van der Waals surface area contributed by atoms with Gasteiger partial charge in [-0.15, -0.1) is 0 Å². The third kappa shape index (κ3) is 3.92. The Morgan fingerprint density at radius 3 is 2.39 bits per heavy atom. The van der Waals surface area contributed by atoms with Crippen LogP contribution in [0.15, 0.2) is 0 Å². The molecule has 2 rings (SSSR count). The van der Waals surface area contributed by atoms with E-state index in [9.17, 15) is 8.42 Å². The van der Waals surface area contributed by atoms with Gasteiger partial charge in [0.2, 0.25) is 10.0 Å². The molecule has 102 valence electrons. The minimum atomic E-state index is -3.07. The summed E-state index contributed by atoms with van der Waals surface area (Å²) >= 11 is 0. The van der Waals surface area contributed by atoms with Gasteiger partial charge in [0.1, 0.15) is 6.04 Å². The van der Waals surface area contributed by atoms with Gasteiger partial charge >= 0.3 is 0 Å². The summed E-state index contributed by atoms with van der Waals surface area (Å²) in [6, 6.07) is 2.66. The maximum Gasteiger partial charge on any atom is 0.211 e. The lowest BCUT2D eigenvalue weighted by molar-refractivity contribution is 0.181. The van der Waals surface area contributed by atoms with Crippen LogP contribution in [0.5, 0.6) is 0 Å². The Kier molecular flexibility index (Phi) is 4.22. The van der Waals surface area contributed by atoms with Crippen LogP contribution < -0.4 is 5.32 Å². The molecule has 1 atom stereocenters. The summed E-state index contributed by atoms with van der Waals surface area (Å²) in [6.45, 7) is 3.15. The van der Waals surface area contributed by atoms with Crippen molar-refractivity contribution < 1.29 is 8.42 Å². The van der Waals surface area contributed by atoms with Crippen molar-refractivity contribution in [2.75, 3.05) is 39.0 Å². The Balaban J connectivity index is 1.77. The van der Waals surface area contributed by atoms with Crippen molar-refractivity contribution in [3.8, 4) is 6.07 Å². The molecule has 0 bridgehead atoms. The fourth-order valence-electron chi connectivity index (χ4n) is 2.17. The number of nitrogens with zero attached hydrogens (tertiary/aromatic N) is 3. The largest absolute Gasteiger partial charge is 0.298 e. The van der Waals surface area contributed by atoms with Gasteiger partial charge in [-0.05, 0) is 12.8 Å². The molecule has 1 aliphatic carbocycles. The second-order valence-corrected chi connectivity index (χ2v) is 7.07. The predicted octanol–water partition coefficient (Wildman–Crippen LogP) is -0.792. The molecule has 1 unspecified atom stereocenters. The van der Waals surface area contributed by atoms with Gasteiger partial charge in [0.05, 0.1) is 12.3 Å². The second kappa shape index (κ2) is 5.53. The van der Waals surface area contributed by atoms with Crippen LogP contribution in [0, 0.1) is 11.3 Å². The number of sulfonamides is 1. The number of hydrogen-bond acceptors (Lipinski definition) is 5. The molecule has 0 amide bonds. The van der Waals surface area contributed by atoms with Gasteiger partial charge in [-0.25, -0.2) is 8.42 Å². The first-order valence-corrected chi connectivity index (χ1v) is 8.17. The van der Waals surface area contributed by atoms with Crippen LogP contribution in [0.3, 0.4) is 0 Å². The lowest BCUT2D eigenvalue weighted by Gasteiger charge is -2.34. The van der Waals surface area contributed by atoms with E-state index in [1.54, 1.807) is 0 Å². The number of piperazine rings is 1. The molecule has 6 nitrogen and oxygen atoms in total. The number of nitriles is 1. The third-order valence-electron chi connectivity index (χ3n) is 3.41. The quantitative estimate of drug-likeness (QED) is 0.709. The van der Waals surface area contributed by atoms with E-state index in [0.29, 0.717) is 38.8 Å². The summed E-state index contributed by atoms with van der Waals surface area (Å²) in [5.74, 6) is 0. The van der Waals surface area contributed by atoms with E-state index in [-0.39, 0.29) is 6.04 Å². The Morgan fingerprint density at radius 1 is 1.33 bits per heavy atom. The van der Waals surface area contributed by atoms with Crippen LogP contribution in [0.2, 0.25) is 0 Å². The van der Waals surface area contributed by atoms with Gasteiger partial charge in [-0.2, -0.15) is 9.57 Å². The summed E-state index contributed by atoms with van der Waals surface area (Å²) in [5.41, 5.74) is 0. The van der Waals surface area contributed by atoms with Crippen LogP contribution in [0.1, 0.15) is 12.8 Å². The van der Waals surface area contributed by atoms with Crippen molar-refractivity contribution in [3.05, 3.63) is 0 Å². The summed E-state index contributed by atoms with van der Waals surface area (Å²) in [5, 5.41) is 12.4. The van der Waals surface area contributed by atoms with E-state index in [2.05, 4.69) is 16.3 Å². The molecule has 0 radical (unpaired) electrons. The molecule has 2 aliphatic rings. The molecule has 7 heteroatoms. The molecule has 1 aliphatic heterocycles. The molecule has 0 aromatic carbocycles. The monoisotopic (exact) mass is 272 g/mol. The minimum absolute atomic E-state index is 0.137. The minimum Gasteiger partial charge on any atom is -0.298 e. The molecular weight excluding hydrogens is 252 g/mol. The molecule has 18 heavy (non-hydrogen) atoms. The van der Waals surface area contributed by atoms with Crippen molar-refractivity contribution in [1.29, 1.82) is 5.26 Å². The van der Waals surface area contributed by atoms with Gasteiger partial charge < -0.3 is 0 Å². The van der Waals surface area contributed by atoms with Gasteiger partial charge in [0.15, 0.2) is 0 Å². The highest BCUT2D eigenvalue weighted by Crippen LogP contribution is 2.19. The van der Waals surface area contributed by atoms with Crippen molar-refractivity contribution in [2.24, 2.45) is 0 Å². The number of nitrogens with one attached hydrogen (secondary N) is 1. The fourth-order valence-corrected chi connectivity index (χ4v) is 2.99. The van der Waals surface area contributed by atoms with Gasteiger partial charge in [-0.3, -0.25) is 10.2 Å². The normalized spacial score (nSPS) is 24.7. The Hall–Kier alpha value is -0.680. The molecule has 1 heterocycles. The Labute approximate surface area is 109 Å². The summed E-state index contributed by atoms with van der Waals surface area (Å²) < 4.78 is 24.2. The zero-order valence-electron chi connectivity index (χ0n) is 10.7. The van der Waals surface area contributed by atoms with Crippen molar-refractivity contribution in [1.82, 2.24) is 14.5 Å². The maximum absolute atomic E-state index is 11.4. The van der Waals surface area contributed by atoms with Crippen molar-refractivity contribution >= 4 is 10.0 Å². The molecule has 0 aromatic heterocycles. The van der Waals surface area contributed by atoms with Crippen LogP contribution in [0.4, 0.5) is 0 Å². The molecule has 1 N–H and O–H groups in total. The highest BCUT2D eigenvalue weighted by molar-refractivity contribution is 7.88. The second-order valence-electron chi connectivity index (χ2n) is 5.09. The van der Waals surface area contributed by atoms with E-state index in [0.717, 1.165) is 0 Å². The van der Waals surface area contributed by atoms with Gasteiger partial charge in [-0.1, -0.05) is 0 Å². The first-order valence-electron chi connectivity index (χ1n) is 6.32. The standard InChI is InChI=1S/C11H20N4O2S/c1-18(16,17)15-6-4-14(5-7-15)9-11(8-12)13-10-2-3-10/h10-11,13H,2-7,9H2,1H3. The van der Waals surface area contributed by atoms with E-state index in [4.69, 9.17) is 5.26 Å². The van der Waals surface area contributed by atoms with E-state index < -0.39 is 10.0 Å². The molecule has 1 saturated carbocycles. The summed E-state index contributed by atoms with van der Waals surface area (Å²) in [7, 11) is -3.07. The molecule has 0 spiro atoms. The number of rotatable bonds is 5.